The van der Waals surface area contributed by atoms with E-state index in [0.29, 0.717) is 35.6 Å². The molecule has 1 aliphatic rings. The predicted octanol–water partition coefficient (Wildman–Crippen LogP) is 0.601. The third kappa shape index (κ3) is 2.33. The van der Waals surface area contributed by atoms with Gasteiger partial charge in [0.15, 0.2) is 5.96 Å². The summed E-state index contributed by atoms with van der Waals surface area (Å²) in [6.45, 7) is 1.07. The van der Waals surface area contributed by atoms with Crippen molar-refractivity contribution in [1.82, 2.24) is 9.88 Å². The van der Waals surface area contributed by atoms with Gasteiger partial charge in [-0.3, -0.25) is 0 Å². The maximum absolute atomic E-state index is 6.08. The fourth-order valence-electron chi connectivity index (χ4n) is 1.68. The number of nitrogens with zero attached hydrogens (tertiary/aromatic N) is 3. The quantitative estimate of drug-likeness (QED) is 0.772. The maximum Gasteiger partial charge on any atom is 0.198 e. The van der Waals surface area contributed by atoms with Crippen molar-refractivity contribution in [3.8, 4) is 0 Å². The van der Waals surface area contributed by atoms with Crippen LogP contribution in [-0.4, -0.2) is 36.1 Å². The molecule has 4 N–H and O–H groups in total. The Morgan fingerprint density at radius 2 is 2.29 bits per heavy atom. The minimum absolute atomic E-state index is 0.367. The molecule has 2 rings (SSSR count). The monoisotopic (exact) mass is 255 g/mol. The van der Waals surface area contributed by atoms with Crippen LogP contribution < -0.4 is 11.5 Å². The molecule has 0 aromatic carbocycles. The predicted molar refractivity (Wildman–Crippen MR) is 66.0 cm³/mol. The number of halogens is 1. The van der Waals surface area contributed by atoms with E-state index in [1.54, 1.807) is 24.1 Å². The van der Waals surface area contributed by atoms with Gasteiger partial charge >= 0.3 is 0 Å². The number of pyridine rings is 1. The summed E-state index contributed by atoms with van der Waals surface area (Å²) in [5.74, 6) is 0.367. The number of guanidine groups is 1. The number of methoxy groups -OCH3 is 1. The van der Waals surface area contributed by atoms with Crippen LogP contribution in [0, 0.1) is 0 Å². The van der Waals surface area contributed by atoms with Crippen LogP contribution in [0.5, 0.6) is 0 Å². The molecule has 92 valence electrons. The molecule has 0 saturated carbocycles. The number of aromatic nitrogens is 1. The van der Waals surface area contributed by atoms with Crippen molar-refractivity contribution in [2.24, 2.45) is 16.5 Å². The lowest BCUT2D eigenvalue weighted by molar-refractivity contribution is 0.159. The number of rotatable bonds is 3. The van der Waals surface area contributed by atoms with Gasteiger partial charge in [0.1, 0.15) is 17.0 Å². The summed E-state index contributed by atoms with van der Waals surface area (Å²) < 4.78 is 5.00. The molecule has 0 amide bonds. The molecular weight excluding hydrogens is 242 g/mol. The highest BCUT2D eigenvalue weighted by Gasteiger charge is 2.26. The first kappa shape index (κ1) is 12.1. The Kier molecular flexibility index (Phi) is 3.46. The molecular formula is C10H14ClN5O. The molecule has 1 unspecified atom stereocenters. The van der Waals surface area contributed by atoms with E-state index in [4.69, 9.17) is 27.8 Å². The van der Waals surface area contributed by atoms with Crippen LogP contribution >= 0.6 is 11.6 Å². The highest BCUT2D eigenvalue weighted by atomic mass is 35.5. The van der Waals surface area contributed by atoms with Gasteiger partial charge in [-0.25, -0.2) is 9.98 Å². The molecule has 17 heavy (non-hydrogen) atoms. The maximum atomic E-state index is 6.08. The summed E-state index contributed by atoms with van der Waals surface area (Å²) in [4.78, 5) is 10.1. The lowest BCUT2D eigenvalue weighted by Crippen LogP contribution is -2.47. The third-order valence-corrected chi connectivity index (χ3v) is 2.76. The Hall–Kier alpha value is -1.37. The van der Waals surface area contributed by atoms with E-state index in [1.165, 1.54) is 0 Å². The largest absolute Gasteiger partial charge is 0.383 e. The fraction of sp³-hybridized carbons (Fsp3) is 0.400. The summed E-state index contributed by atoms with van der Waals surface area (Å²) in [5, 5.41) is 0.390. The van der Waals surface area contributed by atoms with Crippen LogP contribution in [0.1, 0.15) is 11.9 Å². The summed E-state index contributed by atoms with van der Waals surface area (Å²) in [6.07, 6.45) is -0.448. The van der Waals surface area contributed by atoms with Crippen molar-refractivity contribution >= 4 is 23.2 Å². The van der Waals surface area contributed by atoms with E-state index >= 15 is 0 Å². The lowest BCUT2D eigenvalue weighted by Gasteiger charge is -2.33. The SMILES string of the molecule is COCCN1C(N)=Nc2ccc(Cl)nc2C1N. The molecule has 1 aromatic rings. The standard InChI is InChI=1S/C10H14ClN5O/c1-17-5-4-16-9(12)8-6(14-10(16)13)2-3-7(11)15-8/h2-3,9H,4-5,12H2,1H3,(H2,13,14). The molecule has 7 heteroatoms. The van der Waals surface area contributed by atoms with Crippen molar-refractivity contribution < 1.29 is 4.74 Å². The second-order valence-electron chi connectivity index (χ2n) is 3.64. The first-order valence-electron chi connectivity index (χ1n) is 5.15. The molecule has 0 bridgehead atoms. The second-order valence-corrected chi connectivity index (χ2v) is 4.03. The van der Waals surface area contributed by atoms with Crippen LogP contribution in [0.2, 0.25) is 5.15 Å². The summed E-state index contributed by atoms with van der Waals surface area (Å²) in [6, 6.07) is 3.42. The lowest BCUT2D eigenvalue weighted by atomic mass is 10.2. The van der Waals surface area contributed by atoms with Gasteiger partial charge in [0.05, 0.1) is 12.3 Å². The Balaban J connectivity index is 2.33. The molecule has 0 spiro atoms. The summed E-state index contributed by atoms with van der Waals surface area (Å²) in [5.41, 5.74) is 13.2. The van der Waals surface area contributed by atoms with Crippen LogP contribution in [0.3, 0.4) is 0 Å². The van der Waals surface area contributed by atoms with E-state index in [-0.39, 0.29) is 0 Å². The van der Waals surface area contributed by atoms with Gasteiger partial charge in [-0.2, -0.15) is 0 Å². The normalized spacial score (nSPS) is 18.9. The van der Waals surface area contributed by atoms with Crippen LogP contribution in [-0.2, 0) is 4.74 Å². The molecule has 0 saturated heterocycles. The molecule has 1 aliphatic heterocycles. The average molecular weight is 256 g/mol. The van der Waals surface area contributed by atoms with Gasteiger partial charge in [0, 0.05) is 13.7 Å². The number of hydrogen-bond acceptors (Lipinski definition) is 6. The van der Waals surface area contributed by atoms with E-state index in [2.05, 4.69) is 9.98 Å². The van der Waals surface area contributed by atoms with Gasteiger partial charge in [0.2, 0.25) is 0 Å². The van der Waals surface area contributed by atoms with Crippen LogP contribution in [0.15, 0.2) is 17.1 Å². The van der Waals surface area contributed by atoms with Crippen molar-refractivity contribution in [1.29, 1.82) is 0 Å². The van der Waals surface area contributed by atoms with Gasteiger partial charge in [0.25, 0.3) is 0 Å². The molecule has 1 aromatic heterocycles. The first-order valence-corrected chi connectivity index (χ1v) is 5.53. The van der Waals surface area contributed by atoms with E-state index in [0.717, 1.165) is 0 Å². The highest BCUT2D eigenvalue weighted by Crippen LogP contribution is 2.30. The number of aliphatic imine (C=N–C) groups is 1. The van der Waals surface area contributed by atoms with E-state index in [1.807, 2.05) is 0 Å². The van der Waals surface area contributed by atoms with Gasteiger partial charge < -0.3 is 21.1 Å². The Labute approximate surface area is 104 Å². The van der Waals surface area contributed by atoms with Crippen molar-refractivity contribution in [2.75, 3.05) is 20.3 Å². The molecule has 2 heterocycles. The van der Waals surface area contributed by atoms with Crippen LogP contribution in [0.25, 0.3) is 0 Å². The Morgan fingerprint density at radius 3 is 3.00 bits per heavy atom. The minimum atomic E-state index is -0.448. The zero-order valence-corrected chi connectivity index (χ0v) is 10.2. The molecule has 0 fully saturated rings. The highest BCUT2D eigenvalue weighted by molar-refractivity contribution is 6.29. The number of nitrogens with two attached hydrogens (primary N) is 2. The van der Waals surface area contributed by atoms with Gasteiger partial charge in [-0.1, -0.05) is 11.6 Å². The topological polar surface area (TPSA) is 89.8 Å². The second kappa shape index (κ2) is 4.87. The summed E-state index contributed by atoms with van der Waals surface area (Å²) >= 11 is 5.84. The molecule has 1 atom stereocenters. The third-order valence-electron chi connectivity index (χ3n) is 2.55. The van der Waals surface area contributed by atoms with Crippen molar-refractivity contribution in [3.05, 3.63) is 23.0 Å². The number of ether oxygens (including phenoxy) is 1. The fourth-order valence-corrected chi connectivity index (χ4v) is 1.83. The average Bonchev–Trinajstić information content (AvgIpc) is 2.30. The Morgan fingerprint density at radius 1 is 1.53 bits per heavy atom. The minimum Gasteiger partial charge on any atom is -0.383 e. The Bertz CT molecular complexity index is 450. The number of fused-ring (bicyclic) bond motifs is 1. The van der Waals surface area contributed by atoms with E-state index < -0.39 is 6.17 Å². The summed E-state index contributed by atoms with van der Waals surface area (Å²) in [7, 11) is 1.62. The van der Waals surface area contributed by atoms with Gasteiger partial charge in [-0.15, -0.1) is 0 Å². The van der Waals surface area contributed by atoms with Crippen LogP contribution in [0.4, 0.5) is 5.69 Å². The first-order chi connectivity index (χ1) is 8.13. The van der Waals surface area contributed by atoms with E-state index in [9.17, 15) is 0 Å². The number of hydrogen-bond donors (Lipinski definition) is 2. The van der Waals surface area contributed by atoms with Gasteiger partial charge in [-0.05, 0) is 12.1 Å². The van der Waals surface area contributed by atoms with Crippen molar-refractivity contribution in [3.63, 3.8) is 0 Å². The zero-order chi connectivity index (χ0) is 12.4. The molecule has 0 aliphatic carbocycles. The smallest absolute Gasteiger partial charge is 0.198 e. The molecule has 6 nitrogen and oxygen atoms in total. The van der Waals surface area contributed by atoms with Crippen molar-refractivity contribution in [2.45, 2.75) is 6.17 Å². The molecule has 0 radical (unpaired) electrons. The zero-order valence-electron chi connectivity index (χ0n) is 9.43.